The second kappa shape index (κ2) is 24.3. The van der Waals surface area contributed by atoms with Crippen molar-refractivity contribution in [3.8, 4) is 34.6 Å². The molecule has 0 radical (unpaired) electrons. The van der Waals surface area contributed by atoms with Crippen molar-refractivity contribution >= 4 is 55.6 Å². The molecular formula is C42H50Br2N6O12. The summed E-state index contributed by atoms with van der Waals surface area (Å²) in [5.74, 6) is -2.30. The third kappa shape index (κ3) is 14.9. The Morgan fingerprint density at radius 3 is 1.35 bits per heavy atom. The van der Waals surface area contributed by atoms with Crippen LogP contribution in [0.2, 0.25) is 0 Å². The third-order valence-electron chi connectivity index (χ3n) is 9.33. The van der Waals surface area contributed by atoms with Crippen molar-refractivity contribution in [1.82, 2.24) is 31.2 Å². The number of likely N-dealkylation sites (N-methyl/N-ethyl adjacent to an activating group) is 2. The number of amides is 2. The molecule has 4 rings (SSSR count). The fraction of sp³-hybridized carbons (Fsp3) is 0.381. The monoisotopic (exact) mass is 988 g/mol. The number of hydrogen-bond acceptors (Lipinski definition) is 14. The summed E-state index contributed by atoms with van der Waals surface area (Å²) in [6.45, 7) is 4.00. The highest BCUT2D eigenvalue weighted by atomic mass is 79.9. The molecule has 2 aromatic carbocycles. The maximum Gasteiger partial charge on any atom is 0.306 e. The molecule has 0 aliphatic carbocycles. The van der Waals surface area contributed by atoms with Crippen LogP contribution >= 0.6 is 31.9 Å². The summed E-state index contributed by atoms with van der Waals surface area (Å²) in [4.78, 5) is 54.9. The minimum Gasteiger partial charge on any atom is -0.481 e. The van der Waals surface area contributed by atoms with Crippen LogP contribution in [0.1, 0.15) is 46.2 Å². The number of rotatable bonds is 25. The van der Waals surface area contributed by atoms with Gasteiger partial charge in [0.2, 0.25) is 23.5 Å². The molecule has 2 amide bonds. The molecule has 18 nitrogen and oxygen atoms in total. The molecular weight excluding hydrogens is 940 g/mol. The first-order chi connectivity index (χ1) is 29.6. The van der Waals surface area contributed by atoms with Gasteiger partial charge in [-0.3, -0.25) is 19.2 Å². The summed E-state index contributed by atoms with van der Waals surface area (Å²) in [6, 6.07) is 15.2. The number of benzene rings is 2. The van der Waals surface area contributed by atoms with E-state index in [1.54, 1.807) is 12.1 Å². The lowest BCUT2D eigenvalue weighted by Crippen LogP contribution is -2.29. The Balaban J connectivity index is 1.51. The lowest BCUT2D eigenvalue weighted by molar-refractivity contribution is -0.140. The highest BCUT2D eigenvalue weighted by molar-refractivity contribution is 9.10. The number of pyridine rings is 2. The van der Waals surface area contributed by atoms with E-state index in [0.717, 1.165) is 33.4 Å². The summed E-state index contributed by atoms with van der Waals surface area (Å²) in [5, 5.41) is 48.8. The molecule has 2 atom stereocenters. The van der Waals surface area contributed by atoms with Crippen LogP contribution in [-0.4, -0.2) is 107 Å². The molecule has 0 aliphatic rings. The number of carbonyl (C=O) groups excluding carboxylic acids is 2. The van der Waals surface area contributed by atoms with Gasteiger partial charge in [0.1, 0.15) is 13.2 Å². The average molecular weight is 991 g/mol. The van der Waals surface area contributed by atoms with E-state index in [0.29, 0.717) is 20.1 Å². The number of carboxylic acids is 2. The number of halogens is 2. The van der Waals surface area contributed by atoms with Crippen molar-refractivity contribution in [1.29, 1.82) is 0 Å². The summed E-state index contributed by atoms with van der Waals surface area (Å²) in [7, 11) is 2.97. The van der Waals surface area contributed by atoms with E-state index >= 15 is 0 Å². The van der Waals surface area contributed by atoms with Gasteiger partial charge in [0, 0.05) is 51.4 Å². The number of aromatic nitrogens is 2. The van der Waals surface area contributed by atoms with Crippen LogP contribution < -0.4 is 40.2 Å². The van der Waals surface area contributed by atoms with Gasteiger partial charge in [-0.15, -0.1) is 0 Å². The quantitative estimate of drug-likeness (QED) is 0.0472. The van der Waals surface area contributed by atoms with Crippen molar-refractivity contribution in [2.45, 2.75) is 65.2 Å². The topological polar surface area (TPSA) is 260 Å². The van der Waals surface area contributed by atoms with Gasteiger partial charge in [-0.05, 0) is 91.2 Å². The van der Waals surface area contributed by atoms with Gasteiger partial charge in [-0.25, -0.2) is 0 Å². The first-order valence-electron chi connectivity index (χ1n) is 19.3. The van der Waals surface area contributed by atoms with Gasteiger partial charge in [-0.1, -0.05) is 36.4 Å². The summed E-state index contributed by atoms with van der Waals surface area (Å²) in [5.41, 5.74) is 6.71. The zero-order chi connectivity index (χ0) is 45.3. The number of nitrogens with one attached hydrogen (secondary N) is 4. The van der Waals surface area contributed by atoms with Crippen LogP contribution in [0.4, 0.5) is 0 Å². The van der Waals surface area contributed by atoms with Crippen LogP contribution in [0.3, 0.4) is 0 Å². The molecule has 0 unspecified atom stereocenters. The maximum absolute atomic E-state index is 12.0. The first-order valence-corrected chi connectivity index (χ1v) is 20.9. The Kier molecular flexibility index (Phi) is 19.3. The van der Waals surface area contributed by atoms with Gasteiger partial charge >= 0.3 is 11.9 Å². The molecule has 334 valence electrons. The predicted octanol–water partition coefficient (Wildman–Crippen LogP) is 3.54. The number of aliphatic hydroxyl groups excluding tert-OH is 2. The van der Waals surface area contributed by atoms with Crippen LogP contribution in [0, 0.1) is 13.8 Å². The minimum atomic E-state index is -1.12. The van der Waals surface area contributed by atoms with Crippen molar-refractivity contribution < 1.29 is 58.6 Å². The number of hydrogen-bond donors (Lipinski definition) is 8. The lowest BCUT2D eigenvalue weighted by Gasteiger charge is -2.18. The molecule has 20 heteroatoms. The number of ether oxygens (including phenoxy) is 4. The Hall–Kier alpha value is -5.38. The smallest absolute Gasteiger partial charge is 0.306 e. The minimum absolute atomic E-state index is 0.00912. The molecule has 4 aromatic rings. The van der Waals surface area contributed by atoms with E-state index in [2.05, 4.69) is 63.1 Å². The highest BCUT2D eigenvalue weighted by Crippen LogP contribution is 2.35. The first kappa shape index (κ1) is 49.3. The highest BCUT2D eigenvalue weighted by Gasteiger charge is 2.19. The summed E-state index contributed by atoms with van der Waals surface area (Å²) in [6.07, 6.45) is -3.03. The molecule has 0 aliphatic heterocycles. The van der Waals surface area contributed by atoms with Gasteiger partial charge in [0.25, 0.3) is 11.8 Å². The van der Waals surface area contributed by atoms with Gasteiger partial charge in [0.15, 0.2) is 13.2 Å². The molecule has 0 bridgehead atoms. The molecule has 0 saturated heterocycles. The maximum atomic E-state index is 12.0. The molecule has 0 saturated carbocycles. The molecule has 2 aromatic heterocycles. The standard InChI is InChI=1S/C42H50Br2N6O12/c1-23-25(19-59-41-33(43)11-27(15-47-17-29(51)13-37(55)56)39(49-41)61-21-35(53)45-3)7-5-9-31(23)32-10-6-8-26(24(32)2)20-60-42-34(44)12-28(16-48-18-30(52)14-38(57)58)40(50-42)62-22-36(54)46-4/h5-12,29-30,47-48,51-52H,13-22H2,1-4H3,(H,45,53)(H,46,54)(H,55,56)(H,57,58)/t29-,30-/m0/s1. The van der Waals surface area contributed by atoms with Crippen molar-refractivity contribution in [3.05, 3.63) is 90.9 Å². The van der Waals surface area contributed by atoms with E-state index in [-0.39, 0.29) is 87.9 Å². The number of aliphatic carboxylic acids is 2. The molecule has 0 spiro atoms. The lowest BCUT2D eigenvalue weighted by atomic mass is 9.92. The average Bonchev–Trinajstić information content (AvgIpc) is 3.22. The largest absolute Gasteiger partial charge is 0.481 e. The van der Waals surface area contributed by atoms with Crippen molar-refractivity contribution in [2.75, 3.05) is 40.4 Å². The SMILES string of the molecule is CNC(=O)COc1nc(OCc2cccc(-c3cccc(COc4nc(OCC(=O)NC)c(CNC[C@@H](O)CC(=O)O)cc4Br)c3C)c2C)c(Br)cc1CNC[C@@H](O)CC(=O)O. The number of aliphatic hydroxyl groups is 2. The Morgan fingerprint density at radius 1 is 0.613 bits per heavy atom. The zero-order valence-electron chi connectivity index (χ0n) is 34.5. The van der Waals surface area contributed by atoms with Crippen molar-refractivity contribution in [2.24, 2.45) is 0 Å². The van der Waals surface area contributed by atoms with Crippen molar-refractivity contribution in [3.63, 3.8) is 0 Å². The predicted molar refractivity (Wildman–Crippen MR) is 233 cm³/mol. The summed E-state index contributed by atoms with van der Waals surface area (Å²) >= 11 is 7.05. The number of carboxylic acid groups (broad SMARTS) is 2. The van der Waals surface area contributed by atoms with Crippen LogP contribution in [-0.2, 0) is 45.5 Å². The molecule has 0 fully saturated rings. The third-order valence-corrected chi connectivity index (χ3v) is 10.5. The van der Waals surface area contributed by atoms with E-state index < -0.39 is 37.0 Å². The number of nitrogens with zero attached hydrogens (tertiary/aromatic N) is 2. The van der Waals surface area contributed by atoms with Crippen LogP contribution in [0.25, 0.3) is 11.1 Å². The van der Waals surface area contributed by atoms with Gasteiger partial charge in [-0.2, -0.15) is 9.97 Å². The van der Waals surface area contributed by atoms with Crippen LogP contribution in [0.5, 0.6) is 23.5 Å². The second-order valence-corrected chi connectivity index (χ2v) is 15.6. The van der Waals surface area contributed by atoms with E-state index in [4.69, 9.17) is 29.2 Å². The Labute approximate surface area is 375 Å². The fourth-order valence-electron chi connectivity index (χ4n) is 5.96. The fourth-order valence-corrected chi connectivity index (χ4v) is 6.91. The van der Waals surface area contributed by atoms with Gasteiger partial charge < -0.3 is 60.6 Å². The molecule has 62 heavy (non-hydrogen) atoms. The molecule has 2 heterocycles. The van der Waals surface area contributed by atoms with E-state index in [9.17, 15) is 29.4 Å². The van der Waals surface area contributed by atoms with Crippen LogP contribution in [0.15, 0.2) is 57.5 Å². The second-order valence-electron chi connectivity index (χ2n) is 13.9. The van der Waals surface area contributed by atoms with E-state index in [1.165, 1.54) is 14.1 Å². The normalized spacial score (nSPS) is 11.9. The Bertz CT molecular complexity index is 2060. The summed E-state index contributed by atoms with van der Waals surface area (Å²) < 4.78 is 24.9. The molecule has 8 N–H and O–H groups in total. The van der Waals surface area contributed by atoms with E-state index in [1.807, 2.05) is 50.2 Å². The zero-order valence-corrected chi connectivity index (χ0v) is 37.7. The number of carbonyl (C=O) groups is 4. The van der Waals surface area contributed by atoms with Gasteiger partial charge in [0.05, 0.1) is 34.0 Å². The Morgan fingerprint density at radius 2 is 1.00 bits per heavy atom.